The maximum absolute atomic E-state index is 5.52. The Morgan fingerprint density at radius 3 is 1.80 bits per heavy atom. The van der Waals surface area contributed by atoms with Crippen molar-refractivity contribution in [2.24, 2.45) is 0 Å². The molecule has 0 radical (unpaired) electrons. The number of anilines is 2. The number of aromatic nitrogens is 2. The Kier molecular flexibility index (Phi) is 1.82. The highest BCUT2D eigenvalue weighted by Gasteiger charge is 2.04. The lowest BCUT2D eigenvalue weighted by Gasteiger charge is -1.98. The van der Waals surface area contributed by atoms with Crippen LogP contribution in [0.25, 0.3) is 0 Å². The number of nitrogens with two attached hydrogens (primary N) is 2. The molecule has 10 heavy (non-hydrogen) atoms. The van der Waals surface area contributed by atoms with Crippen molar-refractivity contribution >= 4 is 34.8 Å². The third-order valence-electron chi connectivity index (χ3n) is 0.875. The van der Waals surface area contributed by atoms with Crippen LogP contribution in [0.5, 0.6) is 0 Å². The van der Waals surface area contributed by atoms with E-state index in [0.29, 0.717) is 0 Å². The SMILES string of the molecule is Nc1nc(Cl)nc(N)c1Cl. The second-order valence-corrected chi connectivity index (χ2v) is 2.29. The standard InChI is InChI=1S/C4H4Cl2N4/c5-1-2(7)9-4(6)10-3(1)8/h(H4,7,8,9,10). The summed E-state index contributed by atoms with van der Waals surface area (Å²) in [4.78, 5) is 7.11. The zero-order chi connectivity index (χ0) is 7.72. The highest BCUT2D eigenvalue weighted by molar-refractivity contribution is 6.35. The molecule has 1 heterocycles. The van der Waals surface area contributed by atoms with Crippen molar-refractivity contribution in [1.82, 2.24) is 9.97 Å². The lowest BCUT2D eigenvalue weighted by molar-refractivity contribution is 1.19. The predicted octanol–water partition coefficient (Wildman–Crippen LogP) is 0.948. The first-order valence-corrected chi connectivity index (χ1v) is 3.11. The van der Waals surface area contributed by atoms with Crippen LogP contribution in [0.2, 0.25) is 10.3 Å². The third-order valence-corrected chi connectivity index (χ3v) is 1.43. The molecular formula is C4H4Cl2N4. The maximum Gasteiger partial charge on any atom is 0.226 e. The molecule has 1 aromatic heterocycles. The molecule has 0 saturated carbocycles. The molecule has 1 aromatic rings. The predicted molar refractivity (Wildman–Crippen MR) is 40.9 cm³/mol. The Labute approximate surface area is 67.2 Å². The van der Waals surface area contributed by atoms with Crippen molar-refractivity contribution in [2.45, 2.75) is 0 Å². The first-order valence-electron chi connectivity index (χ1n) is 2.35. The van der Waals surface area contributed by atoms with E-state index in [1.54, 1.807) is 0 Å². The van der Waals surface area contributed by atoms with Gasteiger partial charge in [-0.25, -0.2) is 0 Å². The summed E-state index contributed by atoms with van der Waals surface area (Å²) in [6.45, 7) is 0. The fourth-order valence-electron chi connectivity index (χ4n) is 0.453. The molecule has 0 aliphatic carbocycles. The Hall–Kier alpha value is -0.740. The topological polar surface area (TPSA) is 77.8 Å². The van der Waals surface area contributed by atoms with E-state index < -0.39 is 0 Å². The molecule has 6 heteroatoms. The van der Waals surface area contributed by atoms with Crippen LogP contribution in [0.3, 0.4) is 0 Å². The average Bonchev–Trinajstić information content (AvgIpc) is 1.82. The van der Waals surface area contributed by atoms with Crippen LogP contribution in [0.15, 0.2) is 0 Å². The van der Waals surface area contributed by atoms with Crippen molar-refractivity contribution in [3.05, 3.63) is 10.3 Å². The number of nitrogens with zero attached hydrogens (tertiary/aromatic N) is 2. The van der Waals surface area contributed by atoms with Crippen LogP contribution < -0.4 is 11.5 Å². The van der Waals surface area contributed by atoms with E-state index in [1.807, 2.05) is 0 Å². The minimum absolute atomic E-state index is 0.000556. The molecule has 4 N–H and O–H groups in total. The lowest BCUT2D eigenvalue weighted by atomic mass is 10.5. The molecular weight excluding hydrogens is 175 g/mol. The van der Waals surface area contributed by atoms with Crippen molar-refractivity contribution < 1.29 is 0 Å². The summed E-state index contributed by atoms with van der Waals surface area (Å²) in [7, 11) is 0. The smallest absolute Gasteiger partial charge is 0.226 e. The molecule has 0 fully saturated rings. The van der Waals surface area contributed by atoms with E-state index in [0.717, 1.165) is 0 Å². The van der Waals surface area contributed by atoms with E-state index in [1.165, 1.54) is 0 Å². The minimum atomic E-state index is -0.000556. The molecule has 1 rings (SSSR count). The van der Waals surface area contributed by atoms with Crippen molar-refractivity contribution in [1.29, 1.82) is 0 Å². The van der Waals surface area contributed by atoms with Gasteiger partial charge in [0.05, 0.1) is 0 Å². The van der Waals surface area contributed by atoms with Crippen molar-refractivity contribution in [3.63, 3.8) is 0 Å². The quantitative estimate of drug-likeness (QED) is 0.581. The van der Waals surface area contributed by atoms with Gasteiger partial charge in [-0.15, -0.1) is 0 Å². The molecule has 0 atom stereocenters. The summed E-state index contributed by atoms with van der Waals surface area (Å²) in [6.07, 6.45) is 0. The van der Waals surface area contributed by atoms with Crippen LogP contribution in [0.1, 0.15) is 0 Å². The highest BCUT2D eigenvalue weighted by Crippen LogP contribution is 2.22. The Balaban J connectivity index is 3.31. The first kappa shape index (κ1) is 7.37. The zero-order valence-electron chi connectivity index (χ0n) is 4.81. The van der Waals surface area contributed by atoms with Gasteiger partial charge >= 0.3 is 0 Å². The van der Waals surface area contributed by atoms with E-state index in [2.05, 4.69) is 9.97 Å². The Bertz CT molecular complexity index is 238. The summed E-state index contributed by atoms with van der Waals surface area (Å²) in [5.74, 6) is 0.193. The Morgan fingerprint density at radius 2 is 1.40 bits per heavy atom. The van der Waals surface area contributed by atoms with Crippen LogP contribution >= 0.6 is 23.2 Å². The molecule has 0 spiro atoms. The summed E-state index contributed by atoms with van der Waals surface area (Å²) in [5, 5.41) is 0.142. The van der Waals surface area contributed by atoms with Crippen LogP contribution in [-0.4, -0.2) is 9.97 Å². The molecule has 0 amide bonds. The lowest BCUT2D eigenvalue weighted by Crippen LogP contribution is -1.99. The molecule has 0 aliphatic heterocycles. The molecule has 0 unspecified atom stereocenters. The molecule has 0 aliphatic rings. The molecule has 0 saturated heterocycles. The van der Waals surface area contributed by atoms with Gasteiger partial charge in [0.25, 0.3) is 0 Å². The first-order chi connectivity index (χ1) is 4.61. The highest BCUT2D eigenvalue weighted by atomic mass is 35.5. The van der Waals surface area contributed by atoms with E-state index >= 15 is 0 Å². The summed E-state index contributed by atoms with van der Waals surface area (Å²) >= 11 is 10.9. The fourth-order valence-corrected chi connectivity index (χ4v) is 0.720. The number of hydrogen-bond acceptors (Lipinski definition) is 4. The van der Waals surface area contributed by atoms with Gasteiger partial charge in [-0.1, -0.05) is 11.6 Å². The van der Waals surface area contributed by atoms with Crippen LogP contribution in [0, 0.1) is 0 Å². The second kappa shape index (κ2) is 2.48. The number of rotatable bonds is 0. The molecule has 4 nitrogen and oxygen atoms in total. The monoisotopic (exact) mass is 178 g/mol. The molecule has 0 bridgehead atoms. The maximum atomic E-state index is 5.52. The van der Waals surface area contributed by atoms with Gasteiger partial charge < -0.3 is 11.5 Å². The van der Waals surface area contributed by atoms with E-state index in [9.17, 15) is 0 Å². The largest absolute Gasteiger partial charge is 0.382 e. The molecule has 0 aromatic carbocycles. The van der Waals surface area contributed by atoms with Crippen molar-refractivity contribution in [2.75, 3.05) is 11.5 Å². The normalized spacial score (nSPS) is 9.80. The van der Waals surface area contributed by atoms with Gasteiger partial charge in [-0.3, -0.25) is 0 Å². The molecule has 54 valence electrons. The summed E-state index contributed by atoms with van der Waals surface area (Å²) in [5.41, 5.74) is 10.5. The number of nitrogen functional groups attached to an aromatic ring is 2. The third kappa shape index (κ3) is 1.22. The second-order valence-electron chi connectivity index (χ2n) is 1.58. The zero-order valence-corrected chi connectivity index (χ0v) is 6.32. The van der Waals surface area contributed by atoms with Gasteiger partial charge in [-0.05, 0) is 11.6 Å². The van der Waals surface area contributed by atoms with Gasteiger partial charge in [0.2, 0.25) is 5.28 Å². The van der Waals surface area contributed by atoms with E-state index in [-0.39, 0.29) is 21.9 Å². The van der Waals surface area contributed by atoms with Gasteiger partial charge in [0.15, 0.2) is 0 Å². The number of hydrogen-bond donors (Lipinski definition) is 2. The minimum Gasteiger partial charge on any atom is -0.382 e. The van der Waals surface area contributed by atoms with Crippen LogP contribution in [-0.2, 0) is 0 Å². The van der Waals surface area contributed by atoms with Crippen molar-refractivity contribution in [3.8, 4) is 0 Å². The Morgan fingerprint density at radius 1 is 1.00 bits per heavy atom. The summed E-state index contributed by atoms with van der Waals surface area (Å²) < 4.78 is 0. The van der Waals surface area contributed by atoms with Gasteiger partial charge in [-0.2, -0.15) is 9.97 Å². The average molecular weight is 179 g/mol. The van der Waals surface area contributed by atoms with Crippen LogP contribution in [0.4, 0.5) is 11.6 Å². The number of halogens is 2. The summed E-state index contributed by atoms with van der Waals surface area (Å²) in [6, 6.07) is 0. The van der Waals surface area contributed by atoms with E-state index in [4.69, 9.17) is 34.7 Å². The fraction of sp³-hybridized carbons (Fsp3) is 0. The van der Waals surface area contributed by atoms with Gasteiger partial charge in [0, 0.05) is 0 Å². The van der Waals surface area contributed by atoms with Gasteiger partial charge in [0.1, 0.15) is 16.7 Å².